The number of phenols is 7. The van der Waals surface area contributed by atoms with E-state index in [1.54, 1.807) is 48.5 Å². The number of rotatable bonds is 6. The molecule has 0 saturated heterocycles. The normalized spacial score (nSPS) is 17.6. The number of carbonyl (C=O) groups excluding carboxylic acids is 1. The number of benzene rings is 5. The smallest absolute Gasteiger partial charge is 0.171 e. The number of fused-ring (bicyclic) bond motifs is 1. The predicted molar refractivity (Wildman–Crippen MR) is 183 cm³/mol. The summed E-state index contributed by atoms with van der Waals surface area (Å²) in [6.45, 7) is 1.89. The Labute approximate surface area is 280 Å². The first-order valence-electron chi connectivity index (χ1n) is 15.6. The molecular weight excluding hydrogens is 624 g/mol. The molecule has 6 aromatic rings. The number of aromatic hydroxyl groups is 7. The fourth-order valence-corrected chi connectivity index (χ4v) is 7.07. The van der Waals surface area contributed by atoms with Gasteiger partial charge in [-0.3, -0.25) is 4.79 Å². The summed E-state index contributed by atoms with van der Waals surface area (Å²) in [4.78, 5) is 14.8. The minimum atomic E-state index is -0.976. The Kier molecular flexibility index (Phi) is 7.67. The van der Waals surface area contributed by atoms with E-state index in [2.05, 4.69) is 0 Å². The molecule has 0 bridgehead atoms. The number of hydrogen-bond donors (Lipinski definition) is 7. The van der Waals surface area contributed by atoms with Crippen LogP contribution in [0.15, 0.2) is 113 Å². The Hall–Kier alpha value is -6.35. The van der Waals surface area contributed by atoms with E-state index in [9.17, 15) is 40.5 Å². The molecule has 49 heavy (non-hydrogen) atoms. The van der Waals surface area contributed by atoms with E-state index in [0.29, 0.717) is 45.4 Å². The van der Waals surface area contributed by atoms with Crippen molar-refractivity contribution in [1.82, 2.24) is 0 Å². The maximum absolute atomic E-state index is 14.8. The number of phenolic OH excluding ortho intramolecular Hbond substituents is 7. The Morgan fingerprint density at radius 1 is 0.673 bits per heavy atom. The molecule has 0 saturated carbocycles. The molecule has 0 unspecified atom stereocenters. The van der Waals surface area contributed by atoms with Crippen LogP contribution in [0, 0.1) is 5.92 Å². The van der Waals surface area contributed by atoms with Crippen LogP contribution in [0.5, 0.6) is 40.2 Å². The van der Waals surface area contributed by atoms with Crippen LogP contribution in [0.4, 0.5) is 0 Å². The van der Waals surface area contributed by atoms with Crippen LogP contribution in [-0.4, -0.2) is 41.5 Å². The zero-order chi connectivity index (χ0) is 34.6. The molecule has 0 amide bonds. The molecule has 9 heteroatoms. The van der Waals surface area contributed by atoms with Crippen LogP contribution in [0.2, 0.25) is 0 Å². The van der Waals surface area contributed by atoms with E-state index in [0.717, 1.165) is 5.57 Å². The molecule has 246 valence electrons. The highest BCUT2D eigenvalue weighted by atomic mass is 16.3. The SMILES string of the molecule is CC1=C[C@@H](c2cc3cc(-c4cc(O)cc(O)c4)oc3cc2O)[C@H](C(=O)c2ccc(O)c(-c3ccccc3)c2O)[C@@H](c2ccc(O)cc2O)C1. The average Bonchev–Trinajstić information content (AvgIpc) is 3.47. The van der Waals surface area contributed by atoms with Crippen molar-refractivity contribution >= 4 is 16.8 Å². The Morgan fingerprint density at radius 2 is 1.39 bits per heavy atom. The monoisotopic (exact) mass is 656 g/mol. The van der Waals surface area contributed by atoms with E-state index in [-0.39, 0.29) is 45.6 Å². The summed E-state index contributed by atoms with van der Waals surface area (Å²) in [5, 5.41) is 75.5. The summed E-state index contributed by atoms with van der Waals surface area (Å²) in [5.74, 6) is -3.97. The molecular formula is C40H32O9. The predicted octanol–water partition coefficient (Wildman–Crippen LogP) is 8.42. The molecule has 3 atom stereocenters. The quantitative estimate of drug-likeness (QED) is 0.0686. The van der Waals surface area contributed by atoms with Crippen LogP contribution in [0.3, 0.4) is 0 Å². The molecule has 0 radical (unpaired) electrons. The fourth-order valence-electron chi connectivity index (χ4n) is 7.07. The molecule has 0 aliphatic heterocycles. The van der Waals surface area contributed by atoms with Gasteiger partial charge in [-0.1, -0.05) is 48.0 Å². The molecule has 1 aliphatic rings. The molecule has 1 aliphatic carbocycles. The number of hydrogen-bond acceptors (Lipinski definition) is 9. The molecule has 0 fully saturated rings. The van der Waals surface area contributed by atoms with Crippen LogP contribution in [0.25, 0.3) is 33.4 Å². The van der Waals surface area contributed by atoms with Gasteiger partial charge in [-0.25, -0.2) is 0 Å². The van der Waals surface area contributed by atoms with Crippen LogP contribution < -0.4 is 0 Å². The summed E-state index contributed by atoms with van der Waals surface area (Å²) in [5.41, 5.74) is 2.99. The van der Waals surface area contributed by atoms with Gasteiger partial charge in [0.15, 0.2) is 5.78 Å². The Bertz CT molecular complexity index is 2260. The standard InChI is InChI=1S/C40H32O9/c1-20-11-30(27-8-7-24(41)18-33(27)45)38(40(48)28-9-10-32(44)37(39(28)47)21-5-3-2-4-6-21)31(12-20)29-15-23-16-35(49-36(23)19-34(29)46)22-13-25(42)17-26(43)14-22/h2-10,12-19,30-31,38,41-47H,11H2,1H3/t30-,31+,38-/m1/s1. The lowest BCUT2D eigenvalue weighted by Crippen LogP contribution is -2.31. The van der Waals surface area contributed by atoms with Gasteiger partial charge in [0.05, 0.1) is 11.1 Å². The van der Waals surface area contributed by atoms with Gasteiger partial charge >= 0.3 is 0 Å². The number of furan rings is 1. The van der Waals surface area contributed by atoms with Gasteiger partial charge in [-0.05, 0) is 66.9 Å². The van der Waals surface area contributed by atoms with E-state index >= 15 is 0 Å². The Morgan fingerprint density at radius 3 is 2.10 bits per heavy atom. The second kappa shape index (κ2) is 12.0. The number of Topliss-reactive ketones (excluding diaryl/α,β-unsaturated/α-hetero) is 1. The fraction of sp³-hybridized carbons (Fsp3) is 0.125. The van der Waals surface area contributed by atoms with Gasteiger partial charge in [0, 0.05) is 52.5 Å². The van der Waals surface area contributed by atoms with Crippen molar-refractivity contribution in [2.24, 2.45) is 5.92 Å². The molecule has 0 spiro atoms. The van der Waals surface area contributed by atoms with Crippen molar-refractivity contribution in [3.63, 3.8) is 0 Å². The van der Waals surface area contributed by atoms with Gasteiger partial charge in [0.2, 0.25) is 0 Å². The number of carbonyl (C=O) groups is 1. The summed E-state index contributed by atoms with van der Waals surface area (Å²) in [6, 6.07) is 24.5. The Balaban J connectivity index is 1.40. The minimum Gasteiger partial charge on any atom is -0.508 e. The third-order valence-electron chi connectivity index (χ3n) is 9.24. The van der Waals surface area contributed by atoms with Crippen molar-refractivity contribution in [3.05, 3.63) is 125 Å². The maximum Gasteiger partial charge on any atom is 0.171 e. The number of ketones is 1. The third-order valence-corrected chi connectivity index (χ3v) is 9.24. The molecule has 1 heterocycles. The second-order valence-corrected chi connectivity index (χ2v) is 12.5. The molecule has 7 N–H and O–H groups in total. The first-order chi connectivity index (χ1) is 23.5. The van der Waals surface area contributed by atoms with Gasteiger partial charge in [-0.15, -0.1) is 0 Å². The molecule has 9 nitrogen and oxygen atoms in total. The maximum atomic E-state index is 14.8. The van der Waals surface area contributed by atoms with Crippen LogP contribution in [-0.2, 0) is 0 Å². The van der Waals surface area contributed by atoms with Crippen molar-refractivity contribution in [2.75, 3.05) is 0 Å². The van der Waals surface area contributed by atoms with Crippen molar-refractivity contribution in [2.45, 2.75) is 25.2 Å². The number of allylic oxidation sites excluding steroid dienone is 2. The zero-order valence-electron chi connectivity index (χ0n) is 26.2. The lowest BCUT2D eigenvalue weighted by Gasteiger charge is -2.37. The summed E-state index contributed by atoms with van der Waals surface area (Å²) in [6.07, 6.45) is 2.25. The summed E-state index contributed by atoms with van der Waals surface area (Å²) < 4.78 is 5.97. The highest BCUT2D eigenvalue weighted by Crippen LogP contribution is 2.52. The van der Waals surface area contributed by atoms with Crippen molar-refractivity contribution in [3.8, 4) is 62.7 Å². The molecule has 7 rings (SSSR count). The molecule has 5 aromatic carbocycles. The van der Waals surface area contributed by atoms with Gasteiger partial charge in [0.1, 0.15) is 51.6 Å². The van der Waals surface area contributed by atoms with E-state index in [1.165, 1.54) is 48.5 Å². The third kappa shape index (κ3) is 5.65. The highest BCUT2D eigenvalue weighted by Gasteiger charge is 2.42. The van der Waals surface area contributed by atoms with Gasteiger partial charge in [0.25, 0.3) is 0 Å². The highest BCUT2D eigenvalue weighted by molar-refractivity contribution is 6.04. The van der Waals surface area contributed by atoms with Crippen LogP contribution in [0.1, 0.15) is 46.7 Å². The lowest BCUT2D eigenvalue weighted by molar-refractivity contribution is 0.0877. The average molecular weight is 657 g/mol. The van der Waals surface area contributed by atoms with E-state index in [1.807, 2.05) is 13.0 Å². The first kappa shape index (κ1) is 31.3. The van der Waals surface area contributed by atoms with E-state index in [4.69, 9.17) is 4.42 Å². The van der Waals surface area contributed by atoms with Crippen molar-refractivity contribution < 1.29 is 45.0 Å². The summed E-state index contributed by atoms with van der Waals surface area (Å²) >= 11 is 0. The van der Waals surface area contributed by atoms with Gasteiger partial charge < -0.3 is 40.2 Å². The molecule has 1 aromatic heterocycles. The van der Waals surface area contributed by atoms with Gasteiger partial charge in [-0.2, -0.15) is 0 Å². The lowest BCUT2D eigenvalue weighted by atomic mass is 9.65. The second-order valence-electron chi connectivity index (χ2n) is 12.5. The van der Waals surface area contributed by atoms with Crippen molar-refractivity contribution in [1.29, 1.82) is 0 Å². The largest absolute Gasteiger partial charge is 0.508 e. The zero-order valence-corrected chi connectivity index (χ0v) is 26.2. The topological polar surface area (TPSA) is 172 Å². The minimum absolute atomic E-state index is 0.0438. The first-order valence-corrected chi connectivity index (χ1v) is 15.6. The van der Waals surface area contributed by atoms with Crippen LogP contribution >= 0.6 is 0 Å². The summed E-state index contributed by atoms with van der Waals surface area (Å²) in [7, 11) is 0. The van der Waals surface area contributed by atoms with E-state index < -0.39 is 29.3 Å².